The first-order valence-corrected chi connectivity index (χ1v) is 5.58. The molecule has 2 heterocycles. The summed E-state index contributed by atoms with van der Waals surface area (Å²) in [6.07, 6.45) is 2.54. The highest BCUT2D eigenvalue weighted by Gasteiger charge is 2.37. The molecule has 1 aliphatic heterocycles. The van der Waals surface area contributed by atoms with E-state index in [-0.39, 0.29) is 5.91 Å². The monoisotopic (exact) mass is 239 g/mol. The Bertz CT molecular complexity index is 372. The molecule has 1 aromatic rings. The maximum Gasteiger partial charge on any atom is 0.242 e. The average Bonchev–Trinajstić information content (AvgIpc) is 2.81. The van der Waals surface area contributed by atoms with Crippen molar-refractivity contribution in [2.45, 2.75) is 24.9 Å². The van der Waals surface area contributed by atoms with Gasteiger partial charge in [-0.15, -0.1) is 0 Å². The number of H-pyrrole nitrogens is 1. The number of aromatic amines is 1. The number of carbonyl (C=O) groups excluding carboxylic acids is 1. The first-order valence-electron chi connectivity index (χ1n) is 5.58. The first-order chi connectivity index (χ1) is 8.12. The van der Waals surface area contributed by atoms with Gasteiger partial charge in [-0.2, -0.15) is 5.10 Å². The quantitative estimate of drug-likeness (QED) is 0.725. The zero-order chi connectivity index (χ0) is 12.3. The van der Waals surface area contributed by atoms with Crippen LogP contribution in [0.5, 0.6) is 0 Å². The van der Waals surface area contributed by atoms with Crippen molar-refractivity contribution in [1.29, 1.82) is 0 Å². The van der Waals surface area contributed by atoms with Gasteiger partial charge in [0.1, 0.15) is 12.2 Å². The van der Waals surface area contributed by atoms with E-state index >= 15 is 0 Å². The minimum atomic E-state index is -0.799. The maximum atomic E-state index is 12.2. The maximum absolute atomic E-state index is 12.2. The number of nitrogens with two attached hydrogens (primary N) is 1. The Morgan fingerprint density at radius 1 is 1.65 bits per heavy atom. The molecular weight excluding hydrogens is 222 g/mol. The summed E-state index contributed by atoms with van der Waals surface area (Å²) >= 11 is 0. The summed E-state index contributed by atoms with van der Waals surface area (Å²) in [5.74, 6) is 0.578. The van der Waals surface area contributed by atoms with Crippen LogP contribution < -0.4 is 5.73 Å². The van der Waals surface area contributed by atoms with Crippen molar-refractivity contribution in [3.8, 4) is 0 Å². The summed E-state index contributed by atoms with van der Waals surface area (Å²) in [6, 6.07) is 0. The van der Waals surface area contributed by atoms with Crippen molar-refractivity contribution in [3.05, 3.63) is 12.2 Å². The largest absolute Gasteiger partial charge is 0.381 e. The van der Waals surface area contributed by atoms with Crippen LogP contribution in [0.3, 0.4) is 0 Å². The Hall–Kier alpha value is -1.47. The molecule has 1 aromatic heterocycles. The van der Waals surface area contributed by atoms with Gasteiger partial charge in [-0.1, -0.05) is 0 Å². The predicted octanol–water partition coefficient (Wildman–Crippen LogP) is -0.729. The lowest BCUT2D eigenvalue weighted by molar-refractivity contribution is -0.139. The number of aromatic nitrogens is 3. The third kappa shape index (κ3) is 2.62. The Labute approximate surface area is 99.3 Å². The van der Waals surface area contributed by atoms with Gasteiger partial charge in [0.05, 0.1) is 12.1 Å². The molecule has 0 unspecified atom stereocenters. The zero-order valence-electron chi connectivity index (χ0n) is 9.85. The van der Waals surface area contributed by atoms with Gasteiger partial charge in [-0.25, -0.2) is 4.98 Å². The SMILES string of the molecule is CN(Cc1ncn[nH]1)C(=O)C1(N)CCOCC1. The van der Waals surface area contributed by atoms with Gasteiger partial charge >= 0.3 is 0 Å². The van der Waals surface area contributed by atoms with Crippen LogP contribution in [-0.2, 0) is 16.1 Å². The number of nitrogens with zero attached hydrogens (tertiary/aromatic N) is 3. The van der Waals surface area contributed by atoms with E-state index in [1.807, 2.05) is 0 Å². The molecule has 7 heteroatoms. The highest BCUT2D eigenvalue weighted by Crippen LogP contribution is 2.20. The van der Waals surface area contributed by atoms with Crippen LogP contribution in [0.15, 0.2) is 6.33 Å². The molecule has 1 fully saturated rings. The van der Waals surface area contributed by atoms with E-state index in [0.717, 1.165) is 0 Å². The van der Waals surface area contributed by atoms with Crippen molar-refractivity contribution in [2.75, 3.05) is 20.3 Å². The Balaban J connectivity index is 1.98. The molecular formula is C10H17N5O2. The molecule has 1 aliphatic rings. The number of rotatable bonds is 3. The highest BCUT2D eigenvalue weighted by atomic mass is 16.5. The summed E-state index contributed by atoms with van der Waals surface area (Å²) < 4.78 is 5.22. The molecule has 2 rings (SSSR count). The second kappa shape index (κ2) is 4.80. The van der Waals surface area contributed by atoms with Crippen LogP contribution >= 0.6 is 0 Å². The second-order valence-corrected chi connectivity index (χ2v) is 4.36. The molecule has 0 spiro atoms. The van der Waals surface area contributed by atoms with Crippen LogP contribution in [-0.4, -0.2) is 51.8 Å². The molecule has 0 aliphatic carbocycles. The summed E-state index contributed by atoms with van der Waals surface area (Å²) in [6.45, 7) is 1.47. The van der Waals surface area contributed by atoms with E-state index in [0.29, 0.717) is 38.4 Å². The van der Waals surface area contributed by atoms with Gasteiger partial charge in [-0.05, 0) is 12.8 Å². The van der Waals surface area contributed by atoms with Gasteiger partial charge in [0, 0.05) is 20.3 Å². The lowest BCUT2D eigenvalue weighted by Gasteiger charge is -2.34. The second-order valence-electron chi connectivity index (χ2n) is 4.36. The minimum absolute atomic E-state index is 0.0720. The van der Waals surface area contributed by atoms with Crippen molar-refractivity contribution in [3.63, 3.8) is 0 Å². The lowest BCUT2D eigenvalue weighted by atomic mass is 9.90. The van der Waals surface area contributed by atoms with Crippen molar-refractivity contribution < 1.29 is 9.53 Å². The fourth-order valence-corrected chi connectivity index (χ4v) is 1.93. The molecule has 7 nitrogen and oxygen atoms in total. The normalized spacial score (nSPS) is 18.9. The summed E-state index contributed by atoms with van der Waals surface area (Å²) in [7, 11) is 1.72. The topological polar surface area (TPSA) is 97.1 Å². The smallest absolute Gasteiger partial charge is 0.242 e. The molecule has 1 amide bonds. The Kier molecular flexibility index (Phi) is 3.39. The molecule has 1 saturated heterocycles. The Morgan fingerprint density at radius 2 is 2.35 bits per heavy atom. The van der Waals surface area contributed by atoms with E-state index in [1.165, 1.54) is 6.33 Å². The molecule has 3 N–H and O–H groups in total. The number of ether oxygens (including phenoxy) is 1. The summed E-state index contributed by atoms with van der Waals surface area (Å²) in [5, 5.41) is 6.46. The fraction of sp³-hybridized carbons (Fsp3) is 0.700. The van der Waals surface area contributed by atoms with Gasteiger partial charge in [0.15, 0.2) is 0 Å². The number of carbonyl (C=O) groups is 1. The van der Waals surface area contributed by atoms with Crippen LogP contribution in [0.1, 0.15) is 18.7 Å². The van der Waals surface area contributed by atoms with Gasteiger partial charge in [0.25, 0.3) is 0 Å². The summed E-state index contributed by atoms with van der Waals surface area (Å²) in [5.41, 5.74) is 5.32. The van der Waals surface area contributed by atoms with E-state index in [1.54, 1.807) is 11.9 Å². The third-order valence-corrected chi connectivity index (χ3v) is 3.01. The van der Waals surface area contributed by atoms with Crippen LogP contribution in [0, 0.1) is 0 Å². The van der Waals surface area contributed by atoms with Crippen LogP contribution in [0.4, 0.5) is 0 Å². The van der Waals surface area contributed by atoms with Gasteiger partial charge < -0.3 is 15.4 Å². The van der Waals surface area contributed by atoms with Gasteiger partial charge in [0.2, 0.25) is 5.91 Å². The molecule has 0 bridgehead atoms. The molecule has 0 aromatic carbocycles. The van der Waals surface area contributed by atoms with E-state index in [2.05, 4.69) is 15.2 Å². The number of likely N-dealkylation sites (N-methyl/N-ethyl adjacent to an activating group) is 1. The van der Waals surface area contributed by atoms with E-state index < -0.39 is 5.54 Å². The van der Waals surface area contributed by atoms with Crippen molar-refractivity contribution in [1.82, 2.24) is 20.1 Å². The van der Waals surface area contributed by atoms with Gasteiger partial charge in [-0.3, -0.25) is 9.89 Å². The number of hydrogen-bond donors (Lipinski definition) is 2. The average molecular weight is 239 g/mol. The fourth-order valence-electron chi connectivity index (χ4n) is 1.93. The van der Waals surface area contributed by atoms with Crippen molar-refractivity contribution >= 4 is 5.91 Å². The van der Waals surface area contributed by atoms with E-state index in [4.69, 9.17) is 10.5 Å². The molecule has 0 atom stereocenters. The zero-order valence-corrected chi connectivity index (χ0v) is 9.85. The summed E-state index contributed by atoms with van der Waals surface area (Å²) in [4.78, 5) is 17.8. The molecule has 0 saturated carbocycles. The third-order valence-electron chi connectivity index (χ3n) is 3.01. The number of hydrogen-bond acceptors (Lipinski definition) is 5. The van der Waals surface area contributed by atoms with E-state index in [9.17, 15) is 4.79 Å². The number of amides is 1. The molecule has 17 heavy (non-hydrogen) atoms. The minimum Gasteiger partial charge on any atom is -0.381 e. The first kappa shape index (κ1) is 12.0. The highest BCUT2D eigenvalue weighted by molar-refractivity contribution is 5.86. The van der Waals surface area contributed by atoms with Crippen LogP contribution in [0.25, 0.3) is 0 Å². The lowest BCUT2D eigenvalue weighted by Crippen LogP contribution is -2.57. The number of nitrogens with one attached hydrogen (secondary N) is 1. The standard InChI is InChI=1S/C10H17N5O2/c1-15(6-8-12-7-13-14-8)9(16)10(11)2-4-17-5-3-10/h7H,2-6,11H2,1H3,(H,12,13,14). The van der Waals surface area contributed by atoms with Crippen LogP contribution in [0.2, 0.25) is 0 Å². The molecule has 0 radical (unpaired) electrons. The van der Waals surface area contributed by atoms with Crippen molar-refractivity contribution in [2.24, 2.45) is 5.73 Å². The predicted molar refractivity (Wildman–Crippen MR) is 59.8 cm³/mol. The molecule has 94 valence electrons. The Morgan fingerprint density at radius 3 is 2.94 bits per heavy atom.